The van der Waals surface area contributed by atoms with Gasteiger partial charge in [0, 0.05) is 17.8 Å². The lowest BCUT2D eigenvalue weighted by Gasteiger charge is -2.17. The fraction of sp³-hybridized carbons (Fsp3) is 0.111. The van der Waals surface area contributed by atoms with Crippen molar-refractivity contribution in [2.75, 3.05) is 7.11 Å². The predicted molar refractivity (Wildman–Crippen MR) is 142 cm³/mol. The zero-order chi connectivity index (χ0) is 25.8. The molecule has 0 radical (unpaired) electrons. The Hall–Kier alpha value is -4.05. The van der Waals surface area contributed by atoms with Crippen molar-refractivity contribution in [3.8, 4) is 17.0 Å². The summed E-state index contributed by atoms with van der Waals surface area (Å²) in [7, 11) is 1.50. The van der Waals surface area contributed by atoms with E-state index in [-0.39, 0.29) is 12.1 Å². The molecule has 5 rings (SSSR count). The number of rotatable bonds is 7. The van der Waals surface area contributed by atoms with Gasteiger partial charge in [-0.2, -0.15) is 4.40 Å². The lowest BCUT2D eigenvalue weighted by Crippen LogP contribution is -2.44. The Kier molecular flexibility index (Phi) is 7.27. The fourth-order valence-electron chi connectivity index (χ4n) is 4.04. The Morgan fingerprint density at radius 1 is 1.16 bits per heavy atom. The van der Waals surface area contributed by atoms with E-state index in [4.69, 9.17) is 16.4 Å². The molecule has 0 aliphatic rings. The molecule has 0 unspecified atom stereocenters. The highest BCUT2D eigenvalue weighted by molar-refractivity contribution is 7.15. The second-order valence-electron chi connectivity index (χ2n) is 8.12. The maximum atomic E-state index is 13.8. The van der Waals surface area contributed by atoms with Crippen LogP contribution in [-0.2, 0) is 17.9 Å². The number of fused-ring (bicyclic) bond motifs is 1. The van der Waals surface area contributed by atoms with Gasteiger partial charge >= 0.3 is 5.56 Å². The average molecular weight is 532 g/mol. The van der Waals surface area contributed by atoms with Crippen molar-refractivity contribution in [3.63, 3.8) is 0 Å². The van der Waals surface area contributed by atoms with E-state index >= 15 is 0 Å². The number of hydrogen-bond donors (Lipinski definition) is 1. The molecule has 8 nitrogen and oxygen atoms in total. The van der Waals surface area contributed by atoms with E-state index < -0.39 is 11.4 Å². The summed E-state index contributed by atoms with van der Waals surface area (Å²) in [6, 6.07) is 22.2. The second-order valence-corrected chi connectivity index (χ2v) is 9.81. The monoisotopic (exact) mass is 531 g/mol. The molecule has 0 spiro atoms. The van der Waals surface area contributed by atoms with Crippen molar-refractivity contribution in [1.29, 1.82) is 0 Å². The van der Waals surface area contributed by atoms with Gasteiger partial charge in [-0.25, -0.2) is 19.8 Å². The molecule has 0 bridgehead atoms. The molecule has 0 aliphatic heterocycles. The zero-order valence-electron chi connectivity index (χ0n) is 19.8. The number of nitrogens with zero attached hydrogens (tertiary/aromatic N) is 4. The summed E-state index contributed by atoms with van der Waals surface area (Å²) in [4.78, 5) is 28.2. The van der Waals surface area contributed by atoms with Crippen molar-refractivity contribution in [2.45, 2.75) is 13.1 Å². The smallest absolute Gasteiger partial charge is 0.349 e. The highest BCUT2D eigenvalue weighted by Crippen LogP contribution is 2.24. The third-order valence-electron chi connectivity index (χ3n) is 5.73. The predicted octanol–water partition coefficient (Wildman–Crippen LogP) is 3.58. The van der Waals surface area contributed by atoms with Crippen LogP contribution in [0.15, 0.2) is 95.0 Å². The zero-order valence-corrected chi connectivity index (χ0v) is 21.4. The van der Waals surface area contributed by atoms with Crippen molar-refractivity contribution >= 4 is 34.4 Å². The van der Waals surface area contributed by atoms with Crippen LogP contribution >= 0.6 is 22.9 Å². The molecule has 2 aromatic carbocycles. The van der Waals surface area contributed by atoms with Gasteiger partial charge in [0.05, 0.1) is 30.6 Å². The number of aliphatic imine (C=N–C) groups is 1. The van der Waals surface area contributed by atoms with Gasteiger partial charge in [-0.1, -0.05) is 66.2 Å². The summed E-state index contributed by atoms with van der Waals surface area (Å²) in [5, 5.41) is 13.8. The first-order valence-corrected chi connectivity index (χ1v) is 12.6. The van der Waals surface area contributed by atoms with E-state index in [2.05, 4.69) is 15.5 Å². The summed E-state index contributed by atoms with van der Waals surface area (Å²) >= 11 is 7.30. The van der Waals surface area contributed by atoms with Crippen molar-refractivity contribution < 1.29 is 14.5 Å². The van der Waals surface area contributed by atoms with Crippen LogP contribution in [-0.4, -0.2) is 22.3 Å². The number of pyridine rings is 1. The van der Waals surface area contributed by atoms with Crippen LogP contribution in [0.5, 0.6) is 5.88 Å². The maximum absolute atomic E-state index is 13.8. The van der Waals surface area contributed by atoms with Crippen molar-refractivity contribution in [1.82, 2.24) is 14.9 Å². The van der Waals surface area contributed by atoms with Crippen LogP contribution in [0, 0.1) is 0 Å². The van der Waals surface area contributed by atoms with Crippen LogP contribution in [0.25, 0.3) is 16.8 Å². The quantitative estimate of drug-likeness (QED) is 0.150. The molecule has 5 aromatic rings. The van der Waals surface area contributed by atoms with Crippen LogP contribution in [0.1, 0.15) is 16.0 Å². The van der Waals surface area contributed by atoms with Gasteiger partial charge in [0.2, 0.25) is 0 Å². The van der Waals surface area contributed by atoms with Gasteiger partial charge in [0.15, 0.2) is 10.3 Å². The largest absolute Gasteiger partial charge is 0.842 e. The molecular weight excluding hydrogens is 510 g/mol. The molecule has 0 saturated carbocycles. The lowest BCUT2D eigenvalue weighted by atomic mass is 10.0. The number of halogens is 1. The standard InChI is InChI=1S/C27H22ClN5O3S/c1-36-31-24(29-15-18-8-3-2-4-9-18)20-11-7-10-19(14-20)23-25(34)32-13-6-5-12-22(32)33(26(23)35)17-21-16-30-27(28)37-21/h2-14,16H,15,17H2,1H3,(H-,29,31,34,35). The minimum atomic E-state index is -0.404. The summed E-state index contributed by atoms with van der Waals surface area (Å²) in [5.74, 6) is 0.0778. The van der Waals surface area contributed by atoms with Gasteiger partial charge in [0.1, 0.15) is 12.1 Å². The first-order chi connectivity index (χ1) is 18.0. The topological polar surface area (TPSA) is 94.9 Å². The summed E-state index contributed by atoms with van der Waals surface area (Å²) in [6.45, 7) is 0.665. The molecular formula is C27H22ClN5O3S. The molecule has 10 heteroatoms. The minimum absolute atomic E-state index is 0.0565. The van der Waals surface area contributed by atoms with Crippen LogP contribution < -0.4 is 20.7 Å². The molecule has 186 valence electrons. The first-order valence-electron chi connectivity index (χ1n) is 11.4. The molecule has 1 N–H and O–H groups in total. The Labute approximate surface area is 221 Å². The minimum Gasteiger partial charge on any atom is -0.842 e. The van der Waals surface area contributed by atoms with E-state index in [0.29, 0.717) is 33.6 Å². The molecule has 0 saturated heterocycles. The number of benzene rings is 2. The summed E-state index contributed by atoms with van der Waals surface area (Å²) in [6.07, 6.45) is 3.29. The molecule has 0 aliphatic carbocycles. The first kappa shape index (κ1) is 24.6. The molecule has 37 heavy (non-hydrogen) atoms. The van der Waals surface area contributed by atoms with Crippen LogP contribution in [0.2, 0.25) is 4.47 Å². The highest BCUT2D eigenvalue weighted by atomic mass is 35.5. The Morgan fingerprint density at radius 2 is 1.97 bits per heavy atom. The van der Waals surface area contributed by atoms with E-state index in [1.165, 1.54) is 22.8 Å². The van der Waals surface area contributed by atoms with E-state index in [1.54, 1.807) is 53.4 Å². The second kappa shape index (κ2) is 10.9. The van der Waals surface area contributed by atoms with Crippen molar-refractivity contribution in [2.24, 2.45) is 4.99 Å². The Bertz CT molecular complexity index is 1650. The van der Waals surface area contributed by atoms with Gasteiger partial charge in [0.25, 0.3) is 5.65 Å². The van der Waals surface area contributed by atoms with Gasteiger partial charge < -0.3 is 5.11 Å². The number of hydroxylamine groups is 1. The van der Waals surface area contributed by atoms with Gasteiger partial charge in [-0.15, -0.1) is 11.3 Å². The number of hydrogen-bond acceptors (Lipinski definition) is 6. The normalized spacial score (nSPS) is 11.7. The molecule has 0 fully saturated rings. The fourth-order valence-corrected chi connectivity index (χ4v) is 5.01. The van der Waals surface area contributed by atoms with E-state index in [0.717, 1.165) is 10.4 Å². The SMILES string of the molecule is CONC(=NCc1ccccc1)c1cccc(-c2c([O-])[n+](Cc3cnc(Cl)s3)c3ccccn3c2=O)c1. The third-order valence-corrected chi connectivity index (χ3v) is 6.83. The number of amidine groups is 1. The number of aromatic nitrogens is 3. The Balaban J connectivity index is 1.62. The average Bonchev–Trinajstić information content (AvgIpc) is 3.34. The van der Waals surface area contributed by atoms with Crippen LogP contribution in [0.3, 0.4) is 0 Å². The lowest BCUT2D eigenvalue weighted by molar-refractivity contribution is -0.707. The van der Waals surface area contributed by atoms with Crippen LogP contribution in [0.4, 0.5) is 0 Å². The van der Waals surface area contributed by atoms with E-state index in [9.17, 15) is 9.90 Å². The molecule has 3 aromatic heterocycles. The number of thiazole rings is 1. The van der Waals surface area contributed by atoms with Gasteiger partial charge in [-0.3, -0.25) is 9.83 Å². The number of nitrogens with one attached hydrogen (secondary N) is 1. The molecule has 3 heterocycles. The summed E-state index contributed by atoms with van der Waals surface area (Å²) in [5.41, 5.74) is 5.14. The Morgan fingerprint density at radius 3 is 2.73 bits per heavy atom. The molecule has 0 atom stereocenters. The van der Waals surface area contributed by atoms with Crippen molar-refractivity contribution in [3.05, 3.63) is 116 Å². The highest BCUT2D eigenvalue weighted by Gasteiger charge is 2.21. The summed E-state index contributed by atoms with van der Waals surface area (Å²) < 4.78 is 3.43. The maximum Gasteiger partial charge on any atom is 0.349 e. The van der Waals surface area contributed by atoms with E-state index in [1.807, 2.05) is 36.4 Å². The third kappa shape index (κ3) is 5.24. The molecule has 0 amide bonds. The van der Waals surface area contributed by atoms with Gasteiger partial charge in [-0.05, 0) is 23.3 Å².